The third-order valence-electron chi connectivity index (χ3n) is 3.82. The Hall–Kier alpha value is -1.57. The third kappa shape index (κ3) is 3.26. The molecule has 1 aliphatic carbocycles. The fraction of sp³-hybridized carbons (Fsp3) is 0.571. The third-order valence-corrected chi connectivity index (χ3v) is 4.99. The average Bonchev–Trinajstić information content (AvgIpc) is 2.82. The molecule has 1 heterocycles. The standard InChI is InChI=1S/C14H16F3NO3S/c1-3-7-4-5-8-9(6-7)22-11(10(8)12(19)21-2)18-13(20)14(15,16)17/h7H,3-6H2,1-2H3,(H,18,20)/t7-/m0/s1. The molecule has 22 heavy (non-hydrogen) atoms. The fourth-order valence-electron chi connectivity index (χ4n) is 2.58. The number of ether oxygens (including phenoxy) is 1. The summed E-state index contributed by atoms with van der Waals surface area (Å²) in [5, 5.41) is 1.74. The van der Waals surface area contributed by atoms with E-state index in [1.54, 1.807) is 0 Å². The number of rotatable bonds is 3. The SMILES string of the molecule is CC[C@H]1CCc2c(sc(NC(=O)C(F)(F)F)c2C(=O)OC)C1. The van der Waals surface area contributed by atoms with Crippen LogP contribution in [-0.4, -0.2) is 25.2 Å². The van der Waals surface area contributed by atoms with E-state index in [1.165, 1.54) is 7.11 Å². The second kappa shape index (κ2) is 6.28. The van der Waals surface area contributed by atoms with Crippen LogP contribution in [0.4, 0.5) is 18.2 Å². The topological polar surface area (TPSA) is 55.4 Å². The van der Waals surface area contributed by atoms with Crippen LogP contribution >= 0.6 is 11.3 Å². The van der Waals surface area contributed by atoms with Crippen molar-refractivity contribution in [1.82, 2.24) is 0 Å². The average molecular weight is 335 g/mol. The van der Waals surface area contributed by atoms with Crippen LogP contribution < -0.4 is 5.32 Å². The van der Waals surface area contributed by atoms with E-state index in [4.69, 9.17) is 0 Å². The Kier molecular flexibility index (Phi) is 4.79. The highest BCUT2D eigenvalue weighted by molar-refractivity contribution is 7.17. The predicted molar refractivity (Wildman–Crippen MR) is 76.1 cm³/mol. The molecule has 8 heteroatoms. The van der Waals surface area contributed by atoms with E-state index in [9.17, 15) is 22.8 Å². The smallest absolute Gasteiger partial charge is 0.465 e. The summed E-state index contributed by atoms with van der Waals surface area (Å²) >= 11 is 1.04. The van der Waals surface area contributed by atoms with E-state index >= 15 is 0 Å². The van der Waals surface area contributed by atoms with Crippen LogP contribution in [0.25, 0.3) is 0 Å². The highest BCUT2D eigenvalue weighted by Crippen LogP contribution is 2.41. The number of carbonyl (C=O) groups excluding carboxylic acids is 2. The molecule has 122 valence electrons. The van der Waals surface area contributed by atoms with Crippen molar-refractivity contribution in [3.63, 3.8) is 0 Å². The number of esters is 1. The molecule has 2 rings (SSSR count). The first kappa shape index (κ1) is 16.8. The minimum atomic E-state index is -5.00. The van der Waals surface area contributed by atoms with E-state index < -0.39 is 18.1 Å². The summed E-state index contributed by atoms with van der Waals surface area (Å²) in [6.07, 6.45) is -1.84. The first-order chi connectivity index (χ1) is 10.3. The number of hydrogen-bond donors (Lipinski definition) is 1. The lowest BCUT2D eigenvalue weighted by molar-refractivity contribution is -0.167. The van der Waals surface area contributed by atoms with E-state index in [2.05, 4.69) is 11.7 Å². The van der Waals surface area contributed by atoms with Gasteiger partial charge in [0.2, 0.25) is 0 Å². The molecule has 1 N–H and O–H groups in total. The first-order valence-electron chi connectivity index (χ1n) is 6.88. The molecule has 1 aromatic rings. The van der Waals surface area contributed by atoms with E-state index in [1.807, 2.05) is 5.32 Å². The number of fused-ring (bicyclic) bond motifs is 1. The molecule has 0 aromatic carbocycles. The maximum absolute atomic E-state index is 12.4. The second-order valence-corrected chi connectivity index (χ2v) is 6.27. The zero-order valence-electron chi connectivity index (χ0n) is 12.2. The molecule has 4 nitrogen and oxygen atoms in total. The summed E-state index contributed by atoms with van der Waals surface area (Å²) < 4.78 is 41.9. The number of carbonyl (C=O) groups is 2. The number of hydrogen-bond acceptors (Lipinski definition) is 4. The number of halogens is 3. The molecular formula is C14H16F3NO3S. The molecule has 1 atom stereocenters. The molecule has 0 unspecified atom stereocenters. The van der Waals surface area contributed by atoms with Crippen molar-refractivity contribution < 1.29 is 27.5 Å². The normalized spacial score (nSPS) is 17.8. The molecule has 0 radical (unpaired) electrons. The van der Waals surface area contributed by atoms with Gasteiger partial charge in [-0.2, -0.15) is 13.2 Å². The number of thiophene rings is 1. The second-order valence-electron chi connectivity index (χ2n) is 5.17. The zero-order chi connectivity index (χ0) is 16.5. The fourth-order valence-corrected chi connectivity index (χ4v) is 3.93. The molecule has 0 spiro atoms. The van der Waals surface area contributed by atoms with Crippen LogP contribution in [0.1, 0.15) is 40.6 Å². The lowest BCUT2D eigenvalue weighted by Crippen LogP contribution is -2.30. The van der Waals surface area contributed by atoms with E-state index in [0.717, 1.165) is 29.1 Å². The van der Waals surface area contributed by atoms with Crippen LogP contribution in [0, 0.1) is 5.92 Å². The van der Waals surface area contributed by atoms with Crippen molar-refractivity contribution in [2.24, 2.45) is 5.92 Å². The van der Waals surface area contributed by atoms with Crippen molar-refractivity contribution in [2.45, 2.75) is 38.8 Å². The van der Waals surface area contributed by atoms with Gasteiger partial charge in [-0.15, -0.1) is 11.3 Å². The van der Waals surface area contributed by atoms with Gasteiger partial charge in [0.15, 0.2) is 0 Å². The quantitative estimate of drug-likeness (QED) is 0.860. The van der Waals surface area contributed by atoms with Gasteiger partial charge in [0.1, 0.15) is 5.00 Å². The minimum Gasteiger partial charge on any atom is -0.465 e. The number of methoxy groups -OCH3 is 1. The van der Waals surface area contributed by atoms with E-state index in [0.29, 0.717) is 24.3 Å². The van der Waals surface area contributed by atoms with E-state index in [-0.39, 0.29) is 10.6 Å². The Morgan fingerprint density at radius 1 is 1.41 bits per heavy atom. The Morgan fingerprint density at radius 3 is 2.64 bits per heavy atom. The van der Waals surface area contributed by atoms with Gasteiger partial charge in [-0.05, 0) is 30.7 Å². The molecule has 0 fully saturated rings. The minimum absolute atomic E-state index is 0.0645. The molecule has 1 aliphatic rings. The number of nitrogens with one attached hydrogen (secondary N) is 1. The monoisotopic (exact) mass is 335 g/mol. The predicted octanol–water partition coefficient (Wildman–Crippen LogP) is 3.55. The van der Waals surface area contributed by atoms with Gasteiger partial charge in [-0.25, -0.2) is 4.79 Å². The van der Waals surface area contributed by atoms with Gasteiger partial charge in [0.25, 0.3) is 0 Å². The Bertz CT molecular complexity index is 595. The number of amides is 1. The summed E-state index contributed by atoms with van der Waals surface area (Å²) in [6.45, 7) is 2.05. The maximum Gasteiger partial charge on any atom is 0.471 e. The molecular weight excluding hydrogens is 319 g/mol. The molecule has 0 bridgehead atoms. The highest BCUT2D eigenvalue weighted by atomic mass is 32.1. The van der Waals surface area contributed by atoms with Gasteiger partial charge in [-0.3, -0.25) is 4.79 Å². The van der Waals surface area contributed by atoms with Gasteiger partial charge < -0.3 is 10.1 Å². The first-order valence-corrected chi connectivity index (χ1v) is 7.70. The molecule has 0 aliphatic heterocycles. The number of anilines is 1. The van der Waals surface area contributed by atoms with Crippen LogP contribution in [0.2, 0.25) is 0 Å². The maximum atomic E-state index is 12.4. The van der Waals surface area contributed by atoms with Crippen molar-refractivity contribution in [2.75, 3.05) is 12.4 Å². The van der Waals surface area contributed by atoms with Crippen LogP contribution in [0.5, 0.6) is 0 Å². The van der Waals surface area contributed by atoms with Crippen molar-refractivity contribution in [3.8, 4) is 0 Å². The van der Waals surface area contributed by atoms with Gasteiger partial charge >= 0.3 is 18.1 Å². The Morgan fingerprint density at radius 2 is 2.09 bits per heavy atom. The summed E-state index contributed by atoms with van der Waals surface area (Å²) in [5.74, 6) is -2.35. The van der Waals surface area contributed by atoms with Crippen LogP contribution in [0.3, 0.4) is 0 Å². The zero-order valence-corrected chi connectivity index (χ0v) is 13.0. The van der Waals surface area contributed by atoms with Gasteiger partial charge in [0, 0.05) is 4.88 Å². The summed E-state index contributed by atoms with van der Waals surface area (Å²) in [5.41, 5.74) is 0.772. The summed E-state index contributed by atoms with van der Waals surface area (Å²) in [4.78, 5) is 23.9. The van der Waals surface area contributed by atoms with Crippen molar-refractivity contribution >= 4 is 28.2 Å². The molecule has 0 saturated heterocycles. The molecule has 1 amide bonds. The lowest BCUT2D eigenvalue weighted by atomic mass is 9.86. The molecule has 1 aromatic heterocycles. The lowest BCUT2D eigenvalue weighted by Gasteiger charge is -2.20. The Balaban J connectivity index is 2.39. The van der Waals surface area contributed by atoms with Crippen LogP contribution in [-0.2, 0) is 22.4 Å². The molecule has 0 saturated carbocycles. The summed E-state index contributed by atoms with van der Waals surface area (Å²) in [6, 6.07) is 0. The van der Waals surface area contributed by atoms with Crippen molar-refractivity contribution in [3.05, 3.63) is 16.0 Å². The summed E-state index contributed by atoms with van der Waals surface area (Å²) in [7, 11) is 1.17. The van der Waals surface area contributed by atoms with Crippen molar-refractivity contribution in [1.29, 1.82) is 0 Å². The van der Waals surface area contributed by atoms with Gasteiger partial charge in [-0.1, -0.05) is 13.3 Å². The largest absolute Gasteiger partial charge is 0.471 e. The Labute approximate surface area is 129 Å². The van der Waals surface area contributed by atoms with Crippen LogP contribution in [0.15, 0.2) is 0 Å². The highest BCUT2D eigenvalue weighted by Gasteiger charge is 2.40. The van der Waals surface area contributed by atoms with Gasteiger partial charge in [0.05, 0.1) is 12.7 Å². The number of alkyl halides is 3.